The predicted molar refractivity (Wildman–Crippen MR) is 65.9 cm³/mol. The van der Waals surface area contributed by atoms with Gasteiger partial charge in [0.2, 0.25) is 10.0 Å². The highest BCUT2D eigenvalue weighted by molar-refractivity contribution is 7.92. The Morgan fingerprint density at radius 2 is 2.06 bits per heavy atom. The minimum Gasteiger partial charge on any atom is -0.282 e. The number of nitrogens with zero attached hydrogens (tertiary/aromatic N) is 1. The first-order valence-electron chi connectivity index (χ1n) is 5.43. The number of pyridine rings is 1. The van der Waals surface area contributed by atoms with Gasteiger partial charge in [-0.2, -0.15) is 0 Å². The van der Waals surface area contributed by atoms with E-state index in [1.807, 2.05) is 6.07 Å². The Morgan fingerprint density at radius 3 is 2.69 bits per heavy atom. The third kappa shape index (κ3) is 5.11. The summed E-state index contributed by atoms with van der Waals surface area (Å²) in [7, 11) is -3.21. The van der Waals surface area contributed by atoms with Gasteiger partial charge >= 0.3 is 0 Å². The molecule has 0 aliphatic heterocycles. The number of aromatic nitrogens is 1. The molecule has 0 aromatic carbocycles. The van der Waals surface area contributed by atoms with Gasteiger partial charge in [-0.15, -0.1) is 0 Å². The van der Waals surface area contributed by atoms with Crippen molar-refractivity contribution < 1.29 is 8.42 Å². The van der Waals surface area contributed by atoms with E-state index in [9.17, 15) is 8.42 Å². The van der Waals surface area contributed by atoms with Gasteiger partial charge < -0.3 is 0 Å². The third-order valence-electron chi connectivity index (χ3n) is 2.17. The summed E-state index contributed by atoms with van der Waals surface area (Å²) in [5, 5.41) is 0. The molecule has 0 spiro atoms. The molecule has 1 N–H and O–H groups in total. The molecule has 0 atom stereocenters. The second-order valence-electron chi connectivity index (χ2n) is 3.91. The summed E-state index contributed by atoms with van der Waals surface area (Å²) in [6, 6.07) is 1.84. The summed E-state index contributed by atoms with van der Waals surface area (Å²) in [5.74, 6) is 0. The van der Waals surface area contributed by atoms with Crippen molar-refractivity contribution >= 4 is 15.7 Å². The molecular formula is C11H18N2O2S. The van der Waals surface area contributed by atoms with E-state index >= 15 is 0 Å². The molecule has 90 valence electrons. The monoisotopic (exact) mass is 242 g/mol. The number of sulfonamides is 1. The molecule has 0 aliphatic carbocycles. The second kappa shape index (κ2) is 5.84. The lowest BCUT2D eigenvalue weighted by Gasteiger charge is -2.05. The normalized spacial score (nSPS) is 11.4. The highest BCUT2D eigenvalue weighted by Gasteiger charge is 2.02. The van der Waals surface area contributed by atoms with Gasteiger partial charge in [0, 0.05) is 6.20 Å². The SMILES string of the molecule is CCCCCc1cncc(NS(C)(=O)=O)c1. The first kappa shape index (κ1) is 13.0. The molecule has 0 unspecified atom stereocenters. The Kier molecular flexibility index (Phi) is 4.73. The Balaban J connectivity index is 2.64. The van der Waals surface area contributed by atoms with E-state index in [1.54, 1.807) is 6.20 Å². The van der Waals surface area contributed by atoms with Crippen LogP contribution in [0.4, 0.5) is 5.69 Å². The van der Waals surface area contributed by atoms with Gasteiger partial charge in [0.25, 0.3) is 0 Å². The number of rotatable bonds is 6. The number of unbranched alkanes of at least 4 members (excludes halogenated alkanes) is 2. The van der Waals surface area contributed by atoms with Crippen molar-refractivity contribution in [1.82, 2.24) is 4.98 Å². The van der Waals surface area contributed by atoms with E-state index in [2.05, 4.69) is 16.6 Å². The van der Waals surface area contributed by atoms with Crippen molar-refractivity contribution in [2.75, 3.05) is 11.0 Å². The smallest absolute Gasteiger partial charge is 0.229 e. The number of hydrogen-bond acceptors (Lipinski definition) is 3. The Bertz CT molecular complexity index is 429. The molecule has 1 heterocycles. The Morgan fingerprint density at radius 1 is 1.31 bits per heavy atom. The van der Waals surface area contributed by atoms with Crippen molar-refractivity contribution in [1.29, 1.82) is 0 Å². The first-order chi connectivity index (χ1) is 7.51. The molecule has 1 aromatic heterocycles. The van der Waals surface area contributed by atoms with Crippen molar-refractivity contribution in [3.8, 4) is 0 Å². The molecule has 4 nitrogen and oxygen atoms in total. The van der Waals surface area contributed by atoms with Gasteiger partial charge in [-0.25, -0.2) is 8.42 Å². The molecule has 0 amide bonds. The minimum absolute atomic E-state index is 0.538. The molecule has 0 aliphatic rings. The summed E-state index contributed by atoms with van der Waals surface area (Å²) >= 11 is 0. The zero-order valence-electron chi connectivity index (χ0n) is 9.73. The van der Waals surface area contributed by atoms with Crippen molar-refractivity contribution in [2.24, 2.45) is 0 Å². The zero-order chi connectivity index (χ0) is 12.0. The van der Waals surface area contributed by atoms with Crippen LogP contribution >= 0.6 is 0 Å². The van der Waals surface area contributed by atoms with Crippen LogP contribution in [-0.4, -0.2) is 19.7 Å². The maximum Gasteiger partial charge on any atom is 0.229 e. The van der Waals surface area contributed by atoms with Gasteiger partial charge in [0.05, 0.1) is 18.1 Å². The van der Waals surface area contributed by atoms with Gasteiger partial charge in [-0.05, 0) is 24.5 Å². The Labute approximate surface area is 97.2 Å². The molecule has 16 heavy (non-hydrogen) atoms. The number of hydrogen-bond donors (Lipinski definition) is 1. The highest BCUT2D eigenvalue weighted by Crippen LogP contribution is 2.12. The van der Waals surface area contributed by atoms with Crippen LogP contribution in [0.2, 0.25) is 0 Å². The average Bonchev–Trinajstić information content (AvgIpc) is 2.16. The van der Waals surface area contributed by atoms with Crippen LogP contribution in [0.5, 0.6) is 0 Å². The zero-order valence-corrected chi connectivity index (χ0v) is 10.5. The fraction of sp³-hybridized carbons (Fsp3) is 0.545. The maximum absolute atomic E-state index is 11.0. The standard InChI is InChI=1S/C11H18N2O2S/c1-3-4-5-6-10-7-11(9-12-8-10)13-16(2,14)15/h7-9,13H,3-6H2,1-2H3. The molecule has 0 saturated heterocycles. The van der Waals surface area contributed by atoms with E-state index in [-0.39, 0.29) is 0 Å². The first-order valence-corrected chi connectivity index (χ1v) is 7.32. The molecule has 1 rings (SSSR count). The van der Waals surface area contributed by atoms with E-state index in [0.717, 1.165) is 24.7 Å². The number of nitrogens with one attached hydrogen (secondary N) is 1. The van der Waals surface area contributed by atoms with Crippen molar-refractivity contribution in [3.63, 3.8) is 0 Å². The second-order valence-corrected chi connectivity index (χ2v) is 5.66. The number of anilines is 1. The summed E-state index contributed by atoms with van der Waals surface area (Å²) in [6.07, 6.45) is 8.85. The van der Waals surface area contributed by atoms with Gasteiger partial charge in [0.1, 0.15) is 0 Å². The van der Waals surface area contributed by atoms with Crippen LogP contribution in [-0.2, 0) is 16.4 Å². The molecule has 0 saturated carbocycles. The molecular weight excluding hydrogens is 224 g/mol. The summed E-state index contributed by atoms with van der Waals surface area (Å²) in [5.41, 5.74) is 1.61. The van der Waals surface area contributed by atoms with Crippen LogP contribution in [0.15, 0.2) is 18.5 Å². The van der Waals surface area contributed by atoms with Crippen LogP contribution in [0, 0.1) is 0 Å². The Hall–Kier alpha value is -1.10. The summed E-state index contributed by atoms with van der Waals surface area (Å²) in [4.78, 5) is 4.02. The van der Waals surface area contributed by atoms with Crippen LogP contribution in [0.25, 0.3) is 0 Å². The summed E-state index contributed by atoms with van der Waals surface area (Å²) < 4.78 is 24.5. The minimum atomic E-state index is -3.21. The molecule has 0 radical (unpaired) electrons. The number of aryl methyl sites for hydroxylation is 1. The maximum atomic E-state index is 11.0. The topological polar surface area (TPSA) is 59.1 Å². The molecule has 1 aromatic rings. The van der Waals surface area contributed by atoms with E-state index in [0.29, 0.717) is 5.69 Å². The van der Waals surface area contributed by atoms with Crippen LogP contribution < -0.4 is 4.72 Å². The highest BCUT2D eigenvalue weighted by atomic mass is 32.2. The third-order valence-corrected chi connectivity index (χ3v) is 2.77. The van der Waals surface area contributed by atoms with Crippen molar-refractivity contribution in [3.05, 3.63) is 24.0 Å². The van der Waals surface area contributed by atoms with Crippen LogP contribution in [0.3, 0.4) is 0 Å². The molecule has 0 fully saturated rings. The summed E-state index contributed by atoms with van der Waals surface area (Å²) in [6.45, 7) is 2.15. The van der Waals surface area contributed by atoms with Gasteiger partial charge in [0.15, 0.2) is 0 Å². The van der Waals surface area contributed by atoms with Crippen LogP contribution in [0.1, 0.15) is 31.7 Å². The lowest BCUT2D eigenvalue weighted by atomic mass is 10.1. The van der Waals surface area contributed by atoms with Gasteiger partial charge in [-0.3, -0.25) is 9.71 Å². The van der Waals surface area contributed by atoms with E-state index in [4.69, 9.17) is 0 Å². The lowest BCUT2D eigenvalue weighted by Crippen LogP contribution is -2.09. The average molecular weight is 242 g/mol. The predicted octanol–water partition coefficient (Wildman–Crippen LogP) is 2.19. The largest absolute Gasteiger partial charge is 0.282 e. The quantitative estimate of drug-likeness (QED) is 0.778. The fourth-order valence-electron chi connectivity index (χ4n) is 1.47. The van der Waals surface area contributed by atoms with E-state index < -0.39 is 10.0 Å². The van der Waals surface area contributed by atoms with Crippen molar-refractivity contribution in [2.45, 2.75) is 32.6 Å². The van der Waals surface area contributed by atoms with Gasteiger partial charge in [-0.1, -0.05) is 19.8 Å². The molecule has 5 heteroatoms. The lowest BCUT2D eigenvalue weighted by molar-refractivity contribution is 0.607. The van der Waals surface area contributed by atoms with E-state index in [1.165, 1.54) is 19.0 Å². The fourth-order valence-corrected chi connectivity index (χ4v) is 2.01. The molecule has 0 bridgehead atoms.